The second-order valence-corrected chi connectivity index (χ2v) is 5.84. The van der Waals surface area contributed by atoms with E-state index in [0.717, 1.165) is 5.69 Å². The van der Waals surface area contributed by atoms with E-state index in [1.54, 1.807) is 12.1 Å². The molecule has 3 aromatic rings. The molecule has 1 aromatic heterocycles. The summed E-state index contributed by atoms with van der Waals surface area (Å²) >= 11 is 5.80. The molecule has 0 fully saturated rings. The second kappa shape index (κ2) is 6.84. The first-order valence-corrected chi connectivity index (χ1v) is 7.79. The zero-order chi connectivity index (χ0) is 17.1. The lowest BCUT2D eigenvalue weighted by Crippen LogP contribution is -2.01. The number of hydrogen-bond acceptors (Lipinski definition) is 4. The fourth-order valence-electron chi connectivity index (χ4n) is 2.20. The van der Waals surface area contributed by atoms with Crippen LogP contribution in [0.4, 0.5) is 27.4 Å². The summed E-state index contributed by atoms with van der Waals surface area (Å²) in [5.41, 5.74) is 2.78. The summed E-state index contributed by atoms with van der Waals surface area (Å²) in [5, 5.41) is 6.41. The van der Waals surface area contributed by atoms with Gasteiger partial charge in [0.05, 0.1) is 5.02 Å². The van der Waals surface area contributed by atoms with Crippen LogP contribution in [0.3, 0.4) is 0 Å². The van der Waals surface area contributed by atoms with E-state index in [-0.39, 0.29) is 5.02 Å². The molecule has 4 nitrogen and oxygen atoms in total. The minimum Gasteiger partial charge on any atom is -0.340 e. The van der Waals surface area contributed by atoms with Crippen molar-refractivity contribution in [3.8, 4) is 0 Å². The molecule has 1 heterocycles. The van der Waals surface area contributed by atoms with E-state index in [0.29, 0.717) is 23.1 Å². The van der Waals surface area contributed by atoms with Gasteiger partial charge in [-0.05, 0) is 44.2 Å². The summed E-state index contributed by atoms with van der Waals surface area (Å²) in [6.45, 7) is 3.84. The van der Waals surface area contributed by atoms with E-state index in [1.807, 2.05) is 38.1 Å². The van der Waals surface area contributed by atoms with Crippen LogP contribution in [0.2, 0.25) is 5.02 Å². The molecule has 0 aliphatic carbocycles. The maximum absolute atomic E-state index is 13.2. The highest BCUT2D eigenvalue weighted by molar-refractivity contribution is 6.31. The second-order valence-electron chi connectivity index (χ2n) is 5.43. The van der Waals surface area contributed by atoms with Gasteiger partial charge < -0.3 is 10.6 Å². The Morgan fingerprint density at radius 2 is 1.42 bits per heavy atom. The number of aromatic nitrogens is 2. The van der Waals surface area contributed by atoms with E-state index in [4.69, 9.17) is 11.6 Å². The summed E-state index contributed by atoms with van der Waals surface area (Å²) in [6, 6.07) is 14.2. The number of nitrogens with one attached hydrogen (secondary N) is 2. The van der Waals surface area contributed by atoms with Gasteiger partial charge in [0.1, 0.15) is 23.3 Å². The van der Waals surface area contributed by atoms with Crippen LogP contribution in [0.5, 0.6) is 0 Å². The number of halogens is 2. The first-order valence-electron chi connectivity index (χ1n) is 7.41. The largest absolute Gasteiger partial charge is 0.340 e. The average molecular weight is 343 g/mol. The van der Waals surface area contributed by atoms with Crippen molar-refractivity contribution in [2.75, 3.05) is 10.6 Å². The van der Waals surface area contributed by atoms with Crippen LogP contribution in [-0.4, -0.2) is 9.97 Å². The lowest BCUT2D eigenvalue weighted by molar-refractivity contribution is 0.628. The van der Waals surface area contributed by atoms with E-state index in [1.165, 1.54) is 17.7 Å². The maximum atomic E-state index is 13.2. The molecule has 24 heavy (non-hydrogen) atoms. The molecule has 3 rings (SSSR count). The van der Waals surface area contributed by atoms with Crippen molar-refractivity contribution in [3.05, 3.63) is 70.8 Å². The number of nitrogens with zero attached hydrogens (tertiary/aromatic N) is 2. The van der Waals surface area contributed by atoms with Gasteiger partial charge in [0.2, 0.25) is 0 Å². The third kappa shape index (κ3) is 4.00. The van der Waals surface area contributed by atoms with Gasteiger partial charge >= 0.3 is 0 Å². The van der Waals surface area contributed by atoms with Crippen LogP contribution < -0.4 is 10.6 Å². The third-order valence-corrected chi connectivity index (χ3v) is 3.64. The van der Waals surface area contributed by atoms with Crippen molar-refractivity contribution in [1.82, 2.24) is 9.97 Å². The Morgan fingerprint density at radius 3 is 2.04 bits per heavy atom. The van der Waals surface area contributed by atoms with Crippen molar-refractivity contribution >= 4 is 34.6 Å². The molecule has 0 unspecified atom stereocenters. The van der Waals surface area contributed by atoms with Crippen molar-refractivity contribution in [3.63, 3.8) is 0 Å². The molecule has 0 atom stereocenters. The van der Waals surface area contributed by atoms with Gasteiger partial charge in [0, 0.05) is 17.4 Å². The van der Waals surface area contributed by atoms with E-state index in [2.05, 4.69) is 20.6 Å². The summed E-state index contributed by atoms with van der Waals surface area (Å²) < 4.78 is 13.2. The molecule has 0 aliphatic heterocycles. The minimum atomic E-state index is -0.456. The predicted octanol–water partition coefficient (Wildman–Crippen LogP) is 5.37. The molecule has 0 amide bonds. The molecule has 0 spiro atoms. The fourth-order valence-corrected chi connectivity index (χ4v) is 2.38. The van der Waals surface area contributed by atoms with E-state index in [9.17, 15) is 4.39 Å². The lowest BCUT2D eigenvalue weighted by atomic mass is 10.2. The van der Waals surface area contributed by atoms with E-state index >= 15 is 0 Å². The van der Waals surface area contributed by atoms with Gasteiger partial charge in [-0.3, -0.25) is 0 Å². The quantitative estimate of drug-likeness (QED) is 0.669. The highest BCUT2D eigenvalue weighted by atomic mass is 35.5. The minimum absolute atomic E-state index is 0.0591. The van der Waals surface area contributed by atoms with Crippen LogP contribution in [0, 0.1) is 19.7 Å². The summed E-state index contributed by atoms with van der Waals surface area (Å²) in [6.07, 6.45) is 0. The Morgan fingerprint density at radius 1 is 0.833 bits per heavy atom. The predicted molar refractivity (Wildman–Crippen MR) is 95.9 cm³/mol. The van der Waals surface area contributed by atoms with Gasteiger partial charge in [0.15, 0.2) is 0 Å². The smallest absolute Gasteiger partial charge is 0.141 e. The lowest BCUT2D eigenvalue weighted by Gasteiger charge is -2.11. The molecular weight excluding hydrogens is 327 g/mol. The molecule has 0 saturated heterocycles. The number of benzene rings is 2. The van der Waals surface area contributed by atoms with Crippen LogP contribution in [0.1, 0.15) is 11.4 Å². The molecule has 0 aliphatic rings. The van der Waals surface area contributed by atoms with Crippen LogP contribution in [0.25, 0.3) is 0 Å². The molecule has 0 saturated carbocycles. The van der Waals surface area contributed by atoms with Crippen LogP contribution >= 0.6 is 11.6 Å². The Hall–Kier alpha value is -2.66. The molecule has 0 radical (unpaired) electrons. The number of anilines is 4. The number of hydrogen-bond donors (Lipinski definition) is 2. The zero-order valence-electron chi connectivity index (χ0n) is 13.3. The average Bonchev–Trinajstić information content (AvgIpc) is 2.53. The van der Waals surface area contributed by atoms with Crippen LogP contribution in [0.15, 0.2) is 48.5 Å². The normalized spacial score (nSPS) is 10.5. The monoisotopic (exact) mass is 342 g/mol. The SMILES string of the molecule is Cc1ccc(Nc2cc(Nc3ccc(F)c(Cl)c3)nc(C)n2)cc1. The molecule has 2 N–H and O–H groups in total. The van der Waals surface area contributed by atoms with Crippen molar-refractivity contribution < 1.29 is 4.39 Å². The summed E-state index contributed by atoms with van der Waals surface area (Å²) in [7, 11) is 0. The Bertz CT molecular complexity index is 865. The standard InChI is InChI=1S/C18H16ClFN4/c1-11-3-5-13(6-4-11)23-17-10-18(22-12(2)21-17)24-14-7-8-16(20)15(19)9-14/h3-10H,1-2H3,(H2,21,22,23,24). The molecular formula is C18H16ClFN4. The highest BCUT2D eigenvalue weighted by Crippen LogP contribution is 2.24. The molecule has 122 valence electrons. The number of rotatable bonds is 4. The highest BCUT2D eigenvalue weighted by Gasteiger charge is 2.05. The van der Waals surface area contributed by atoms with Gasteiger partial charge in [0.25, 0.3) is 0 Å². The molecule has 0 bridgehead atoms. The Kier molecular flexibility index (Phi) is 4.62. The van der Waals surface area contributed by atoms with E-state index < -0.39 is 5.82 Å². The van der Waals surface area contributed by atoms with Crippen LogP contribution in [-0.2, 0) is 0 Å². The Labute approximate surface area is 144 Å². The van der Waals surface area contributed by atoms with Gasteiger partial charge in [-0.15, -0.1) is 0 Å². The topological polar surface area (TPSA) is 49.8 Å². The van der Waals surface area contributed by atoms with Crippen molar-refractivity contribution in [1.29, 1.82) is 0 Å². The first-order chi connectivity index (χ1) is 11.5. The summed E-state index contributed by atoms with van der Waals surface area (Å²) in [4.78, 5) is 8.71. The van der Waals surface area contributed by atoms with Crippen molar-refractivity contribution in [2.45, 2.75) is 13.8 Å². The fraction of sp³-hybridized carbons (Fsp3) is 0.111. The van der Waals surface area contributed by atoms with Crippen molar-refractivity contribution in [2.24, 2.45) is 0 Å². The van der Waals surface area contributed by atoms with Gasteiger partial charge in [-0.25, -0.2) is 14.4 Å². The molecule has 2 aromatic carbocycles. The van der Waals surface area contributed by atoms with Gasteiger partial charge in [-0.2, -0.15) is 0 Å². The first kappa shape index (κ1) is 16.2. The third-order valence-electron chi connectivity index (χ3n) is 3.35. The summed E-state index contributed by atoms with van der Waals surface area (Å²) in [5.74, 6) is 1.42. The molecule has 6 heteroatoms. The maximum Gasteiger partial charge on any atom is 0.141 e. The van der Waals surface area contributed by atoms with Gasteiger partial charge in [-0.1, -0.05) is 29.3 Å². The number of aryl methyl sites for hydroxylation is 2. The zero-order valence-corrected chi connectivity index (χ0v) is 14.0. The Balaban J connectivity index is 1.82.